The molecule has 2 atom stereocenters. The Kier molecular flexibility index (Phi) is 13.4. The minimum Gasteiger partial charge on any atom is -0.493 e. The Balaban J connectivity index is 0.649. The maximum Gasteiger partial charge on any atom is 0.262 e. The molecule has 6 heterocycles. The van der Waals surface area contributed by atoms with Crippen molar-refractivity contribution in [1.29, 1.82) is 0 Å². The highest BCUT2D eigenvalue weighted by molar-refractivity contribution is 7.22. The summed E-state index contributed by atoms with van der Waals surface area (Å²) in [6.07, 6.45) is 6.92. The first kappa shape index (κ1) is 46.0. The van der Waals surface area contributed by atoms with Crippen LogP contribution in [-0.2, 0) is 17.8 Å². The molecule has 0 radical (unpaired) electrons. The number of pyridine rings is 1. The summed E-state index contributed by atoms with van der Waals surface area (Å²) in [4.78, 5) is 68.7. The molecule has 10 rings (SSSR count). The summed E-state index contributed by atoms with van der Waals surface area (Å²) < 4.78 is 22.8. The van der Waals surface area contributed by atoms with Crippen LogP contribution in [0.3, 0.4) is 0 Å². The van der Waals surface area contributed by atoms with E-state index in [1.165, 1.54) is 23.0 Å². The van der Waals surface area contributed by atoms with Crippen LogP contribution in [0.4, 0.5) is 21.0 Å². The number of carbonyl (C=O) groups excluding carboxylic acids is 4. The first-order valence-corrected chi connectivity index (χ1v) is 24.8. The van der Waals surface area contributed by atoms with Gasteiger partial charge in [-0.15, -0.1) is 0 Å². The number of aromatic nitrogens is 2. The number of nitrogens with one attached hydrogen (secondary N) is 2. The number of benzene rings is 4. The topological polar surface area (TPSA) is 161 Å². The maximum absolute atomic E-state index is 15.4. The van der Waals surface area contributed by atoms with Gasteiger partial charge >= 0.3 is 0 Å². The normalized spacial score (nSPS) is 18.4. The van der Waals surface area contributed by atoms with Gasteiger partial charge in [-0.2, -0.15) is 0 Å². The van der Waals surface area contributed by atoms with Gasteiger partial charge < -0.3 is 25.0 Å². The lowest BCUT2D eigenvalue weighted by Gasteiger charge is -2.36. The van der Waals surface area contributed by atoms with Crippen LogP contribution in [0.25, 0.3) is 21.3 Å². The molecule has 0 saturated carbocycles. The van der Waals surface area contributed by atoms with E-state index < -0.39 is 29.9 Å². The second-order valence-electron chi connectivity index (χ2n) is 18.3. The van der Waals surface area contributed by atoms with Crippen LogP contribution < -0.4 is 25.2 Å². The van der Waals surface area contributed by atoms with Crippen LogP contribution in [0.15, 0.2) is 91.1 Å². The van der Waals surface area contributed by atoms with Crippen molar-refractivity contribution < 1.29 is 33.4 Å². The second-order valence-corrected chi connectivity index (χ2v) is 19.3. The molecule has 16 heteroatoms. The molecule has 0 aliphatic carbocycles. The third-order valence-electron chi connectivity index (χ3n) is 13.9. The van der Waals surface area contributed by atoms with Crippen molar-refractivity contribution in [2.75, 3.05) is 61.0 Å². The molecule has 356 valence electrons. The lowest BCUT2D eigenvalue weighted by atomic mass is 9.94. The number of carbonyl (C=O) groups is 4. The van der Waals surface area contributed by atoms with E-state index in [0.717, 1.165) is 120 Å². The maximum atomic E-state index is 15.4. The monoisotopic (exact) mass is 950 g/mol. The standard InChI is InChI=1S/C53H55FN8O6S/c1-33-36(35-17-19-47(55-31-35)61-23-21-34-11-9-13-37(40(34)32-61)49(64)58-53-56-42-14-5-6-16-46(42)69-53)12-10-15-45(33)68-28-8-4-2-3-7-22-59-24-26-60(27-25-59)44-30-39-38(29-41(44)54)51(66)62(52(39)67)43-18-20-48(63)57-50(43)65/h5-6,9-17,19,29-31,43,50,65H,2-4,7-8,18,20-28,32H2,1H3,(H,57,63)(H,56,58,64). The first-order chi connectivity index (χ1) is 33.6. The van der Waals surface area contributed by atoms with Gasteiger partial charge in [0, 0.05) is 63.0 Å². The molecule has 69 heavy (non-hydrogen) atoms. The Morgan fingerprint density at radius 1 is 0.855 bits per heavy atom. The Morgan fingerprint density at radius 3 is 2.43 bits per heavy atom. The summed E-state index contributed by atoms with van der Waals surface area (Å²) in [5.41, 5.74) is 7.30. The van der Waals surface area contributed by atoms with Gasteiger partial charge in [-0.25, -0.2) is 14.4 Å². The van der Waals surface area contributed by atoms with Crippen LogP contribution in [0, 0.1) is 12.7 Å². The quantitative estimate of drug-likeness (QED) is 0.0677. The zero-order chi connectivity index (χ0) is 47.6. The number of aliphatic hydroxyl groups excluding tert-OH is 1. The van der Waals surface area contributed by atoms with E-state index in [0.29, 0.717) is 42.6 Å². The van der Waals surface area contributed by atoms with Gasteiger partial charge in [0.25, 0.3) is 17.7 Å². The largest absolute Gasteiger partial charge is 0.493 e. The predicted octanol–water partition coefficient (Wildman–Crippen LogP) is 7.97. The van der Waals surface area contributed by atoms with Crippen molar-refractivity contribution in [3.63, 3.8) is 0 Å². The highest BCUT2D eigenvalue weighted by Gasteiger charge is 2.45. The number of hydrogen-bond donors (Lipinski definition) is 3. The van der Waals surface area contributed by atoms with E-state index in [1.54, 1.807) is 0 Å². The van der Waals surface area contributed by atoms with E-state index in [1.807, 2.05) is 59.6 Å². The number of unbranched alkanes of at least 4 members (excludes halogenated alkanes) is 4. The van der Waals surface area contributed by atoms with Crippen molar-refractivity contribution in [3.8, 4) is 16.9 Å². The highest BCUT2D eigenvalue weighted by Crippen LogP contribution is 2.35. The van der Waals surface area contributed by atoms with Crippen LogP contribution >= 0.6 is 11.3 Å². The third kappa shape index (κ3) is 9.65. The summed E-state index contributed by atoms with van der Waals surface area (Å²) in [5, 5.41) is 16.4. The Labute approximate surface area is 404 Å². The van der Waals surface area contributed by atoms with Crippen molar-refractivity contribution in [2.24, 2.45) is 0 Å². The molecule has 4 aliphatic heterocycles. The van der Waals surface area contributed by atoms with E-state index >= 15 is 4.39 Å². The number of thiazole rings is 1. The molecular formula is C53H55FN8O6S. The number of nitrogens with zero attached hydrogens (tertiary/aromatic N) is 6. The van der Waals surface area contributed by atoms with E-state index in [9.17, 15) is 24.3 Å². The van der Waals surface area contributed by atoms with Crippen molar-refractivity contribution >= 4 is 61.8 Å². The van der Waals surface area contributed by atoms with Gasteiger partial charge in [0.1, 0.15) is 23.6 Å². The molecule has 2 saturated heterocycles. The minimum absolute atomic E-state index is 0.0145. The number of aliphatic hydroxyl groups is 1. The molecule has 2 aromatic heterocycles. The van der Waals surface area contributed by atoms with Crippen LogP contribution in [0.2, 0.25) is 0 Å². The molecule has 3 N–H and O–H groups in total. The number of ether oxygens (including phenoxy) is 1. The van der Waals surface area contributed by atoms with Gasteiger partial charge in [0.2, 0.25) is 5.91 Å². The number of para-hydroxylation sites is 1. The number of hydrogen-bond acceptors (Lipinski definition) is 12. The van der Waals surface area contributed by atoms with Crippen molar-refractivity contribution in [2.45, 2.75) is 77.1 Å². The lowest BCUT2D eigenvalue weighted by molar-refractivity contribution is -0.129. The van der Waals surface area contributed by atoms with Gasteiger partial charge in [-0.05, 0) is 110 Å². The molecule has 4 amide bonds. The molecule has 0 bridgehead atoms. The smallest absolute Gasteiger partial charge is 0.262 e. The first-order valence-electron chi connectivity index (χ1n) is 24.0. The SMILES string of the molecule is Cc1c(OCCCCCCCN2CCN(c3cc4c(cc3F)C(=O)N(C3CCC(=O)NC3O)C4=O)CC2)cccc1-c1ccc(N2CCc3cccc(C(=O)Nc4nc5ccccc5s4)c3C2)nc1. The third-order valence-corrected chi connectivity index (χ3v) is 14.9. The van der Waals surface area contributed by atoms with Gasteiger partial charge in [0.15, 0.2) is 5.13 Å². The Bertz CT molecular complexity index is 2890. The Morgan fingerprint density at radius 2 is 1.64 bits per heavy atom. The van der Waals surface area contributed by atoms with E-state index in [4.69, 9.17) is 9.72 Å². The zero-order valence-corrected chi connectivity index (χ0v) is 39.4. The summed E-state index contributed by atoms with van der Waals surface area (Å²) >= 11 is 1.47. The molecule has 4 aliphatic rings. The zero-order valence-electron chi connectivity index (χ0n) is 38.6. The summed E-state index contributed by atoms with van der Waals surface area (Å²) in [5.74, 6) is -0.549. The van der Waals surface area contributed by atoms with Crippen LogP contribution in [-0.4, -0.2) is 107 Å². The summed E-state index contributed by atoms with van der Waals surface area (Å²) in [6, 6.07) is 25.9. The number of halogens is 1. The molecule has 2 fully saturated rings. The summed E-state index contributed by atoms with van der Waals surface area (Å²) in [6.45, 7) is 7.80. The number of piperazine rings is 1. The molecule has 14 nitrogen and oxygen atoms in total. The minimum atomic E-state index is -1.36. The molecule has 2 unspecified atom stereocenters. The molecule has 6 aromatic rings. The number of imide groups is 1. The van der Waals surface area contributed by atoms with E-state index in [2.05, 4.69) is 56.6 Å². The van der Waals surface area contributed by atoms with Gasteiger partial charge in [-0.1, -0.05) is 67.0 Å². The predicted molar refractivity (Wildman–Crippen MR) is 264 cm³/mol. The highest BCUT2D eigenvalue weighted by atomic mass is 32.1. The number of anilines is 3. The second kappa shape index (κ2) is 20.1. The van der Waals surface area contributed by atoms with Crippen molar-refractivity contribution in [1.82, 2.24) is 25.1 Å². The Hall–Kier alpha value is -6.75. The number of piperidine rings is 1. The number of amides is 4. The fourth-order valence-corrected chi connectivity index (χ4v) is 11.0. The van der Waals surface area contributed by atoms with Gasteiger partial charge in [0.05, 0.1) is 39.7 Å². The average molecular weight is 951 g/mol. The van der Waals surface area contributed by atoms with Crippen molar-refractivity contribution in [3.05, 3.63) is 130 Å². The fraction of sp³-hybridized carbons (Fsp3) is 0.358. The summed E-state index contributed by atoms with van der Waals surface area (Å²) in [7, 11) is 0. The number of fused-ring (bicyclic) bond motifs is 3. The van der Waals surface area contributed by atoms with Crippen LogP contribution in [0.5, 0.6) is 5.75 Å². The van der Waals surface area contributed by atoms with Crippen LogP contribution in [0.1, 0.15) is 92.7 Å². The average Bonchev–Trinajstić information content (AvgIpc) is 3.88. The fourth-order valence-electron chi connectivity index (χ4n) is 10.1. The lowest BCUT2D eigenvalue weighted by Crippen LogP contribution is -2.57. The van der Waals surface area contributed by atoms with Gasteiger partial charge in [-0.3, -0.25) is 34.3 Å². The molecular weight excluding hydrogens is 896 g/mol. The molecule has 0 spiro atoms. The molecule has 4 aromatic carbocycles. The van der Waals surface area contributed by atoms with E-state index in [-0.39, 0.29) is 35.8 Å². The number of rotatable bonds is 15.